The third-order valence-electron chi connectivity index (χ3n) is 5.35. The standard InChI is InChI=1S/C25H23FN2O5S/c1-32-19-11-12-23(33-2)21(13-19)27-25(29)15-28-14-24(20-5-3-4-6-22(20)28)34(30,31)16-17-7-9-18(26)10-8-17/h3-14H,15-16H2,1-2H3,(H,27,29). The number of amides is 1. The number of hydrogen-bond acceptors (Lipinski definition) is 5. The number of methoxy groups -OCH3 is 2. The van der Waals surface area contributed by atoms with Gasteiger partial charge in [0.15, 0.2) is 9.84 Å². The summed E-state index contributed by atoms with van der Waals surface area (Å²) in [5.41, 5.74) is 1.52. The first-order valence-corrected chi connectivity index (χ1v) is 12.0. The van der Waals surface area contributed by atoms with Crippen LogP contribution in [-0.4, -0.2) is 33.1 Å². The molecule has 0 aliphatic rings. The molecule has 0 spiro atoms. The van der Waals surface area contributed by atoms with Gasteiger partial charge in [-0.25, -0.2) is 12.8 Å². The summed E-state index contributed by atoms with van der Waals surface area (Å²) < 4.78 is 51.7. The van der Waals surface area contributed by atoms with Crippen molar-refractivity contribution < 1.29 is 27.1 Å². The number of benzene rings is 3. The first kappa shape index (κ1) is 23.3. The Bertz CT molecular complexity index is 1450. The Morgan fingerprint density at radius 2 is 1.74 bits per heavy atom. The first-order valence-electron chi connectivity index (χ1n) is 10.4. The minimum atomic E-state index is -3.76. The fraction of sp³-hybridized carbons (Fsp3) is 0.160. The summed E-state index contributed by atoms with van der Waals surface area (Å²) in [6, 6.07) is 17.4. The third-order valence-corrected chi connectivity index (χ3v) is 7.06. The van der Waals surface area contributed by atoms with Crippen LogP contribution in [-0.2, 0) is 26.9 Å². The number of sulfone groups is 1. The van der Waals surface area contributed by atoms with Crippen LogP contribution in [0.25, 0.3) is 10.9 Å². The predicted octanol–water partition coefficient (Wildman–Crippen LogP) is 4.41. The molecule has 34 heavy (non-hydrogen) atoms. The molecule has 0 saturated carbocycles. The molecule has 4 rings (SSSR count). The monoisotopic (exact) mass is 482 g/mol. The summed E-state index contributed by atoms with van der Waals surface area (Å²) in [5.74, 6) is -0.0638. The lowest BCUT2D eigenvalue weighted by Crippen LogP contribution is -2.18. The third kappa shape index (κ3) is 4.89. The van der Waals surface area contributed by atoms with Crippen molar-refractivity contribution in [2.75, 3.05) is 19.5 Å². The van der Waals surface area contributed by atoms with Gasteiger partial charge in [0.2, 0.25) is 5.91 Å². The Morgan fingerprint density at radius 3 is 2.44 bits per heavy atom. The molecule has 0 fully saturated rings. The summed E-state index contributed by atoms with van der Waals surface area (Å²) in [6.07, 6.45) is 1.46. The van der Waals surface area contributed by atoms with Crippen LogP contribution in [0.4, 0.5) is 10.1 Å². The van der Waals surface area contributed by atoms with E-state index in [-0.39, 0.29) is 23.1 Å². The summed E-state index contributed by atoms with van der Waals surface area (Å²) in [4.78, 5) is 13.0. The minimum absolute atomic E-state index is 0.110. The van der Waals surface area contributed by atoms with Gasteiger partial charge in [0.25, 0.3) is 0 Å². The van der Waals surface area contributed by atoms with E-state index in [1.807, 2.05) is 0 Å². The smallest absolute Gasteiger partial charge is 0.244 e. The van der Waals surface area contributed by atoms with Gasteiger partial charge in [-0.1, -0.05) is 30.3 Å². The topological polar surface area (TPSA) is 86.6 Å². The highest BCUT2D eigenvalue weighted by molar-refractivity contribution is 7.90. The van der Waals surface area contributed by atoms with Gasteiger partial charge in [-0.05, 0) is 35.9 Å². The van der Waals surface area contributed by atoms with E-state index in [9.17, 15) is 17.6 Å². The number of hydrogen-bond donors (Lipinski definition) is 1. The van der Waals surface area contributed by atoms with Gasteiger partial charge in [-0.2, -0.15) is 0 Å². The van der Waals surface area contributed by atoms with E-state index >= 15 is 0 Å². The summed E-state index contributed by atoms with van der Waals surface area (Å²) in [5, 5.41) is 3.30. The number of aromatic nitrogens is 1. The molecule has 0 saturated heterocycles. The zero-order valence-electron chi connectivity index (χ0n) is 18.6. The van der Waals surface area contributed by atoms with E-state index in [0.717, 1.165) is 0 Å². The van der Waals surface area contributed by atoms with Crippen molar-refractivity contribution in [3.63, 3.8) is 0 Å². The van der Waals surface area contributed by atoms with Gasteiger partial charge in [0, 0.05) is 23.2 Å². The van der Waals surface area contributed by atoms with Crippen LogP contribution in [0, 0.1) is 5.82 Å². The Hall–Kier alpha value is -3.85. The highest BCUT2D eigenvalue weighted by Gasteiger charge is 2.22. The molecule has 9 heteroatoms. The number of carbonyl (C=O) groups excluding carboxylic acids is 1. The van der Waals surface area contributed by atoms with Gasteiger partial charge in [-0.3, -0.25) is 4.79 Å². The average molecular weight is 483 g/mol. The highest BCUT2D eigenvalue weighted by Crippen LogP contribution is 2.30. The van der Waals surface area contributed by atoms with Crippen LogP contribution in [0.15, 0.2) is 77.8 Å². The zero-order chi connectivity index (χ0) is 24.3. The normalized spacial score (nSPS) is 11.4. The van der Waals surface area contributed by atoms with Crippen LogP contribution >= 0.6 is 0 Å². The number of anilines is 1. The molecule has 176 valence electrons. The Balaban J connectivity index is 1.63. The molecule has 0 aliphatic heterocycles. The van der Waals surface area contributed by atoms with E-state index in [4.69, 9.17) is 9.47 Å². The predicted molar refractivity (Wildman–Crippen MR) is 127 cm³/mol. The van der Waals surface area contributed by atoms with Crippen molar-refractivity contribution >= 4 is 32.3 Å². The molecule has 0 bridgehead atoms. The van der Waals surface area contributed by atoms with Crippen LogP contribution in [0.5, 0.6) is 11.5 Å². The molecule has 1 aromatic heterocycles. The second-order valence-corrected chi connectivity index (χ2v) is 9.60. The Kier molecular flexibility index (Phi) is 6.56. The van der Waals surface area contributed by atoms with E-state index in [0.29, 0.717) is 33.7 Å². The second-order valence-electron chi connectivity index (χ2n) is 7.64. The lowest BCUT2D eigenvalue weighted by atomic mass is 10.2. The molecule has 7 nitrogen and oxygen atoms in total. The summed E-state index contributed by atoms with van der Waals surface area (Å²) in [7, 11) is -0.742. The average Bonchev–Trinajstić information content (AvgIpc) is 3.19. The van der Waals surface area contributed by atoms with Crippen molar-refractivity contribution in [3.05, 3.63) is 84.3 Å². The Morgan fingerprint density at radius 1 is 1.00 bits per heavy atom. The maximum absolute atomic E-state index is 13.2. The fourth-order valence-corrected chi connectivity index (χ4v) is 5.31. The van der Waals surface area contributed by atoms with E-state index in [2.05, 4.69) is 5.32 Å². The number of nitrogens with one attached hydrogen (secondary N) is 1. The molecular weight excluding hydrogens is 459 g/mol. The number of halogens is 1. The maximum Gasteiger partial charge on any atom is 0.244 e. The molecule has 3 aromatic carbocycles. The number of carbonyl (C=O) groups is 1. The van der Waals surface area contributed by atoms with Gasteiger partial charge in [0.1, 0.15) is 23.9 Å². The van der Waals surface area contributed by atoms with Gasteiger partial charge in [-0.15, -0.1) is 0 Å². The number of ether oxygens (including phenoxy) is 2. The molecule has 0 atom stereocenters. The minimum Gasteiger partial charge on any atom is -0.497 e. The molecule has 0 radical (unpaired) electrons. The molecule has 1 N–H and O–H groups in total. The highest BCUT2D eigenvalue weighted by atomic mass is 32.2. The molecule has 0 unspecified atom stereocenters. The van der Waals surface area contributed by atoms with Crippen LogP contribution in [0.1, 0.15) is 5.56 Å². The molecule has 1 amide bonds. The van der Waals surface area contributed by atoms with E-state index in [1.54, 1.807) is 47.0 Å². The van der Waals surface area contributed by atoms with Gasteiger partial charge in [0.05, 0.1) is 30.6 Å². The summed E-state index contributed by atoms with van der Waals surface area (Å²) in [6.45, 7) is -0.118. The second kappa shape index (κ2) is 9.56. The van der Waals surface area contributed by atoms with E-state index in [1.165, 1.54) is 44.7 Å². The first-order chi connectivity index (χ1) is 16.3. The number of para-hydroxylation sites is 1. The molecule has 4 aromatic rings. The molecule has 1 heterocycles. The van der Waals surface area contributed by atoms with Crippen LogP contribution in [0.3, 0.4) is 0 Å². The molecular formula is C25H23FN2O5S. The van der Waals surface area contributed by atoms with Crippen molar-refractivity contribution in [3.8, 4) is 11.5 Å². The largest absolute Gasteiger partial charge is 0.497 e. The lowest BCUT2D eigenvalue weighted by molar-refractivity contribution is -0.116. The SMILES string of the molecule is COc1ccc(OC)c(NC(=O)Cn2cc(S(=O)(=O)Cc3ccc(F)cc3)c3ccccc32)c1. The maximum atomic E-state index is 13.2. The lowest BCUT2D eigenvalue weighted by Gasteiger charge is -2.12. The zero-order valence-corrected chi connectivity index (χ0v) is 19.4. The number of fused-ring (bicyclic) bond motifs is 1. The molecule has 0 aliphatic carbocycles. The summed E-state index contributed by atoms with van der Waals surface area (Å²) >= 11 is 0. The van der Waals surface area contributed by atoms with Crippen molar-refractivity contribution in [2.45, 2.75) is 17.2 Å². The fourth-order valence-electron chi connectivity index (χ4n) is 3.73. The van der Waals surface area contributed by atoms with Crippen molar-refractivity contribution in [1.82, 2.24) is 4.57 Å². The van der Waals surface area contributed by atoms with Crippen molar-refractivity contribution in [1.29, 1.82) is 0 Å². The number of rotatable bonds is 8. The quantitative estimate of drug-likeness (QED) is 0.402. The number of nitrogens with zero attached hydrogens (tertiary/aromatic N) is 1. The van der Waals surface area contributed by atoms with E-state index < -0.39 is 15.7 Å². The van der Waals surface area contributed by atoms with Gasteiger partial charge < -0.3 is 19.4 Å². The van der Waals surface area contributed by atoms with Crippen molar-refractivity contribution in [2.24, 2.45) is 0 Å². The van der Waals surface area contributed by atoms with Gasteiger partial charge >= 0.3 is 0 Å². The van der Waals surface area contributed by atoms with Crippen LogP contribution < -0.4 is 14.8 Å². The Labute approximate surface area is 196 Å². The van der Waals surface area contributed by atoms with Crippen LogP contribution in [0.2, 0.25) is 0 Å².